The predicted octanol–water partition coefficient (Wildman–Crippen LogP) is 5.02. The van der Waals surface area contributed by atoms with Crippen LogP contribution in [0.25, 0.3) is 11.1 Å². The largest absolute Gasteiger partial charge is 0.573 e. The van der Waals surface area contributed by atoms with E-state index in [-0.39, 0.29) is 11.1 Å². The van der Waals surface area contributed by atoms with Crippen molar-refractivity contribution in [2.75, 3.05) is 0 Å². The lowest BCUT2D eigenvalue weighted by Gasteiger charge is -2.19. The van der Waals surface area contributed by atoms with Gasteiger partial charge in [-0.05, 0) is 62.2 Å². The van der Waals surface area contributed by atoms with Crippen LogP contribution in [0.2, 0.25) is 0 Å². The number of halogens is 3. The molecule has 26 heavy (non-hydrogen) atoms. The van der Waals surface area contributed by atoms with E-state index in [0.29, 0.717) is 17.4 Å². The van der Waals surface area contributed by atoms with Gasteiger partial charge >= 0.3 is 12.3 Å². The second-order valence-electron chi connectivity index (χ2n) is 6.49. The van der Waals surface area contributed by atoms with Crippen molar-refractivity contribution < 1.29 is 32.2 Å². The molecule has 0 fully saturated rings. The molecule has 0 saturated carbocycles. The summed E-state index contributed by atoms with van der Waals surface area (Å²) in [5.41, 5.74) is 0.567. The second kappa shape index (κ2) is 7.19. The van der Waals surface area contributed by atoms with Gasteiger partial charge in [0.25, 0.3) is 0 Å². The highest BCUT2D eigenvalue weighted by molar-refractivity contribution is 5.92. The van der Waals surface area contributed by atoms with Crippen molar-refractivity contribution in [3.8, 4) is 16.9 Å². The summed E-state index contributed by atoms with van der Waals surface area (Å²) in [7, 11) is 0. The summed E-state index contributed by atoms with van der Waals surface area (Å²) in [5, 5.41) is 0. The standard InChI is InChI=1S/C19H17F3O4/c1-18(2,3)26-17(24)13-6-4-12(5-7-13)16-10-15(25-19(20,21)22)9-8-14(16)11-23/h4-11H,1-3H3. The molecule has 0 N–H and O–H groups in total. The molecule has 4 nitrogen and oxygen atoms in total. The number of ether oxygens (including phenoxy) is 2. The molecule has 2 aromatic carbocycles. The Morgan fingerprint density at radius 1 is 1.00 bits per heavy atom. The third kappa shape index (κ3) is 5.34. The number of benzene rings is 2. The number of hydrogen-bond acceptors (Lipinski definition) is 4. The smallest absolute Gasteiger partial charge is 0.456 e. The molecule has 0 unspecified atom stereocenters. The van der Waals surface area contributed by atoms with Crippen molar-refractivity contribution in [3.63, 3.8) is 0 Å². The molecular formula is C19H17F3O4. The first-order chi connectivity index (χ1) is 12.0. The minimum absolute atomic E-state index is 0.199. The van der Waals surface area contributed by atoms with E-state index in [1.54, 1.807) is 20.8 Å². The van der Waals surface area contributed by atoms with Crippen LogP contribution in [0, 0.1) is 0 Å². The lowest BCUT2D eigenvalue weighted by Crippen LogP contribution is -2.23. The highest BCUT2D eigenvalue weighted by atomic mass is 19.4. The Hall–Kier alpha value is -2.83. The first-order valence-corrected chi connectivity index (χ1v) is 7.67. The summed E-state index contributed by atoms with van der Waals surface area (Å²) >= 11 is 0. The van der Waals surface area contributed by atoms with Crippen LogP contribution in [-0.2, 0) is 4.74 Å². The SMILES string of the molecule is CC(C)(C)OC(=O)c1ccc(-c2cc(OC(F)(F)F)ccc2C=O)cc1. The van der Waals surface area contributed by atoms with E-state index in [4.69, 9.17) is 4.74 Å². The molecule has 0 spiro atoms. The van der Waals surface area contributed by atoms with Gasteiger partial charge in [-0.15, -0.1) is 13.2 Å². The topological polar surface area (TPSA) is 52.6 Å². The summed E-state index contributed by atoms with van der Waals surface area (Å²) in [5.74, 6) is -0.955. The fourth-order valence-corrected chi connectivity index (χ4v) is 2.21. The van der Waals surface area contributed by atoms with Gasteiger partial charge in [0.1, 0.15) is 11.4 Å². The zero-order valence-electron chi connectivity index (χ0n) is 14.4. The number of aldehydes is 1. The monoisotopic (exact) mass is 366 g/mol. The van der Waals surface area contributed by atoms with Crippen LogP contribution in [0.5, 0.6) is 5.75 Å². The van der Waals surface area contributed by atoms with Gasteiger partial charge in [-0.1, -0.05) is 12.1 Å². The van der Waals surface area contributed by atoms with Gasteiger partial charge in [0.2, 0.25) is 0 Å². The molecule has 138 valence electrons. The van der Waals surface area contributed by atoms with Crippen LogP contribution in [0.1, 0.15) is 41.5 Å². The zero-order chi connectivity index (χ0) is 19.5. The minimum Gasteiger partial charge on any atom is -0.456 e. The minimum atomic E-state index is -4.83. The van der Waals surface area contributed by atoms with Crippen LogP contribution < -0.4 is 4.74 Å². The molecular weight excluding hydrogens is 349 g/mol. The molecule has 0 bridgehead atoms. The predicted molar refractivity (Wildman–Crippen MR) is 89.1 cm³/mol. The average Bonchev–Trinajstić information content (AvgIpc) is 2.52. The van der Waals surface area contributed by atoms with E-state index >= 15 is 0 Å². The molecule has 0 aliphatic carbocycles. The van der Waals surface area contributed by atoms with Gasteiger partial charge in [-0.25, -0.2) is 4.79 Å². The van der Waals surface area contributed by atoms with Crippen molar-refractivity contribution in [1.82, 2.24) is 0 Å². The van der Waals surface area contributed by atoms with Gasteiger partial charge in [0, 0.05) is 5.56 Å². The molecule has 2 rings (SSSR count). The van der Waals surface area contributed by atoms with Crippen molar-refractivity contribution in [2.45, 2.75) is 32.7 Å². The maximum atomic E-state index is 12.4. The second-order valence-corrected chi connectivity index (χ2v) is 6.49. The Morgan fingerprint density at radius 2 is 1.62 bits per heavy atom. The zero-order valence-corrected chi connectivity index (χ0v) is 14.4. The van der Waals surface area contributed by atoms with E-state index in [9.17, 15) is 22.8 Å². The number of carbonyl (C=O) groups excluding carboxylic acids is 2. The first-order valence-electron chi connectivity index (χ1n) is 7.67. The summed E-state index contributed by atoms with van der Waals surface area (Å²) in [6.07, 6.45) is -4.30. The Kier molecular flexibility index (Phi) is 5.39. The molecule has 2 aromatic rings. The van der Waals surface area contributed by atoms with Crippen molar-refractivity contribution in [2.24, 2.45) is 0 Å². The Morgan fingerprint density at radius 3 is 2.12 bits per heavy atom. The normalized spacial score (nSPS) is 11.8. The van der Waals surface area contributed by atoms with E-state index in [1.165, 1.54) is 30.3 Å². The maximum Gasteiger partial charge on any atom is 0.573 e. The fraction of sp³-hybridized carbons (Fsp3) is 0.263. The van der Waals surface area contributed by atoms with Gasteiger partial charge in [0.15, 0.2) is 6.29 Å². The Bertz CT molecular complexity index is 803. The lowest BCUT2D eigenvalue weighted by molar-refractivity contribution is -0.274. The van der Waals surface area contributed by atoms with E-state index in [2.05, 4.69) is 4.74 Å². The molecule has 0 radical (unpaired) electrons. The number of esters is 1. The number of rotatable bonds is 4. The number of carbonyl (C=O) groups is 2. The average molecular weight is 366 g/mol. The van der Waals surface area contributed by atoms with Gasteiger partial charge in [-0.2, -0.15) is 0 Å². The fourth-order valence-electron chi connectivity index (χ4n) is 2.21. The molecule has 0 aliphatic heterocycles. The van der Waals surface area contributed by atoms with Gasteiger partial charge < -0.3 is 9.47 Å². The summed E-state index contributed by atoms with van der Waals surface area (Å²) in [6, 6.07) is 9.45. The third-order valence-electron chi connectivity index (χ3n) is 3.22. The maximum absolute atomic E-state index is 12.4. The summed E-state index contributed by atoms with van der Waals surface area (Å²) in [4.78, 5) is 23.2. The molecule has 7 heteroatoms. The van der Waals surface area contributed by atoms with Crippen molar-refractivity contribution in [1.29, 1.82) is 0 Å². The van der Waals surface area contributed by atoms with Crippen LogP contribution in [-0.4, -0.2) is 24.2 Å². The van der Waals surface area contributed by atoms with Crippen LogP contribution in [0.15, 0.2) is 42.5 Å². The Labute approximate surface area is 148 Å². The summed E-state index contributed by atoms with van der Waals surface area (Å²) < 4.78 is 46.3. The molecule has 0 saturated heterocycles. The summed E-state index contributed by atoms with van der Waals surface area (Å²) in [6.45, 7) is 5.21. The quantitative estimate of drug-likeness (QED) is 0.563. The lowest BCUT2D eigenvalue weighted by atomic mass is 9.99. The third-order valence-corrected chi connectivity index (χ3v) is 3.22. The van der Waals surface area contributed by atoms with E-state index < -0.39 is 23.7 Å². The van der Waals surface area contributed by atoms with Crippen molar-refractivity contribution >= 4 is 12.3 Å². The van der Waals surface area contributed by atoms with Gasteiger partial charge in [0.05, 0.1) is 5.56 Å². The van der Waals surface area contributed by atoms with Crippen LogP contribution in [0.4, 0.5) is 13.2 Å². The molecule has 0 atom stereocenters. The molecule has 0 aliphatic rings. The highest BCUT2D eigenvalue weighted by Gasteiger charge is 2.31. The van der Waals surface area contributed by atoms with Crippen molar-refractivity contribution in [3.05, 3.63) is 53.6 Å². The Balaban J connectivity index is 2.34. The molecule has 0 heterocycles. The highest BCUT2D eigenvalue weighted by Crippen LogP contribution is 2.30. The van der Waals surface area contributed by atoms with Crippen LogP contribution >= 0.6 is 0 Å². The number of alkyl halides is 3. The number of hydrogen-bond donors (Lipinski definition) is 0. The van der Waals surface area contributed by atoms with E-state index in [1.807, 2.05) is 0 Å². The molecule has 0 aromatic heterocycles. The van der Waals surface area contributed by atoms with Gasteiger partial charge in [-0.3, -0.25) is 4.79 Å². The van der Waals surface area contributed by atoms with E-state index in [0.717, 1.165) is 12.1 Å². The van der Waals surface area contributed by atoms with Crippen LogP contribution in [0.3, 0.4) is 0 Å². The molecule has 0 amide bonds. The first kappa shape index (κ1) is 19.5.